The maximum atomic E-state index is 11.9. The predicted octanol–water partition coefficient (Wildman–Crippen LogP) is 4.67. The molecule has 0 aliphatic heterocycles. The van der Waals surface area contributed by atoms with E-state index in [0.29, 0.717) is 12.3 Å². The molecule has 0 unspecified atom stereocenters. The normalized spacial score (nSPS) is 10.7. The molecule has 0 N–H and O–H groups in total. The fourth-order valence-corrected chi connectivity index (χ4v) is 2.26. The molecule has 1 nitrogen and oxygen atoms in total. The zero-order valence-corrected chi connectivity index (χ0v) is 12.6. The molecule has 82 valence electrons. The summed E-state index contributed by atoms with van der Waals surface area (Å²) in [5, 5.41) is 0. The van der Waals surface area contributed by atoms with Crippen molar-refractivity contribution in [3.8, 4) is 0 Å². The van der Waals surface area contributed by atoms with Crippen LogP contribution in [-0.2, 0) is 0 Å². The van der Waals surface area contributed by atoms with Gasteiger partial charge in [-0.05, 0) is 53.1 Å². The molecule has 3 heteroatoms. The largest absolute Gasteiger partial charge is 0.294 e. The van der Waals surface area contributed by atoms with Gasteiger partial charge in [-0.15, -0.1) is 0 Å². The van der Waals surface area contributed by atoms with Crippen LogP contribution in [0.3, 0.4) is 0 Å². The summed E-state index contributed by atoms with van der Waals surface area (Å²) < 4.78 is 2.00. The number of rotatable bonds is 4. The number of Topliss-reactive ketones (excluding diaryl/α,β-unsaturated/α-hetero) is 1. The third-order valence-electron chi connectivity index (χ3n) is 2.18. The van der Waals surface area contributed by atoms with E-state index in [0.717, 1.165) is 20.0 Å². The Bertz CT molecular complexity index is 361. The first kappa shape index (κ1) is 13.2. The number of hydrogen-bond donors (Lipinski definition) is 0. The highest BCUT2D eigenvalue weighted by Gasteiger charge is 2.10. The fraction of sp³-hybridized carbons (Fsp3) is 0.417. The van der Waals surface area contributed by atoms with E-state index < -0.39 is 0 Å². The molecule has 0 aliphatic carbocycles. The third-order valence-corrected chi connectivity index (χ3v) is 3.61. The third kappa shape index (κ3) is 4.23. The second kappa shape index (κ2) is 5.99. The maximum absolute atomic E-state index is 11.9. The van der Waals surface area contributed by atoms with Crippen molar-refractivity contribution in [1.29, 1.82) is 0 Å². The van der Waals surface area contributed by atoms with Crippen LogP contribution in [0.15, 0.2) is 22.7 Å². The van der Waals surface area contributed by atoms with Crippen LogP contribution in [0.5, 0.6) is 0 Å². The molecule has 0 fully saturated rings. The van der Waals surface area contributed by atoms with Gasteiger partial charge >= 0.3 is 0 Å². The van der Waals surface area contributed by atoms with Crippen LogP contribution >= 0.6 is 38.5 Å². The van der Waals surface area contributed by atoms with E-state index in [2.05, 4.69) is 52.4 Å². The standard InChI is InChI=1S/C12H14BrIO/c1-8(2)3-6-12(15)10-7-9(13)4-5-11(10)14/h4-5,7-8H,3,6H2,1-2H3. The van der Waals surface area contributed by atoms with E-state index in [1.807, 2.05) is 18.2 Å². The lowest BCUT2D eigenvalue weighted by Gasteiger charge is -2.06. The minimum Gasteiger partial charge on any atom is -0.294 e. The molecule has 0 saturated carbocycles. The van der Waals surface area contributed by atoms with Crippen molar-refractivity contribution in [2.24, 2.45) is 5.92 Å². The second-order valence-electron chi connectivity index (χ2n) is 3.98. The Labute approximate surface area is 113 Å². The molecule has 15 heavy (non-hydrogen) atoms. The minimum atomic E-state index is 0.245. The summed E-state index contributed by atoms with van der Waals surface area (Å²) >= 11 is 5.60. The van der Waals surface area contributed by atoms with Gasteiger partial charge in [0.2, 0.25) is 0 Å². The number of benzene rings is 1. The van der Waals surface area contributed by atoms with Crippen LogP contribution in [-0.4, -0.2) is 5.78 Å². The van der Waals surface area contributed by atoms with Crippen LogP contribution in [0, 0.1) is 9.49 Å². The number of carbonyl (C=O) groups is 1. The summed E-state index contributed by atoms with van der Waals surface area (Å²) in [7, 11) is 0. The van der Waals surface area contributed by atoms with Gasteiger partial charge in [0, 0.05) is 20.0 Å². The first-order valence-corrected chi connectivity index (χ1v) is 6.86. The molecular formula is C12H14BrIO. The smallest absolute Gasteiger partial charge is 0.163 e. The van der Waals surface area contributed by atoms with Gasteiger partial charge in [-0.25, -0.2) is 0 Å². The lowest BCUT2D eigenvalue weighted by Crippen LogP contribution is -2.03. The average Bonchev–Trinajstić information content (AvgIpc) is 2.18. The van der Waals surface area contributed by atoms with Gasteiger partial charge < -0.3 is 0 Å². The van der Waals surface area contributed by atoms with Gasteiger partial charge in [0.1, 0.15) is 0 Å². The first-order valence-electron chi connectivity index (χ1n) is 4.99. The van der Waals surface area contributed by atoms with Crippen molar-refractivity contribution in [3.05, 3.63) is 31.8 Å². The Morgan fingerprint density at radius 3 is 2.73 bits per heavy atom. The summed E-state index contributed by atoms with van der Waals surface area (Å²) in [4.78, 5) is 11.9. The zero-order chi connectivity index (χ0) is 11.4. The lowest BCUT2D eigenvalue weighted by molar-refractivity contribution is 0.0974. The van der Waals surface area contributed by atoms with Crippen molar-refractivity contribution < 1.29 is 4.79 Å². The molecule has 0 atom stereocenters. The Balaban J connectivity index is 2.77. The molecule has 1 aromatic rings. The van der Waals surface area contributed by atoms with E-state index in [9.17, 15) is 4.79 Å². The van der Waals surface area contributed by atoms with Gasteiger partial charge in [-0.3, -0.25) is 4.79 Å². The topological polar surface area (TPSA) is 17.1 Å². The number of hydrogen-bond acceptors (Lipinski definition) is 1. The number of ketones is 1. The Morgan fingerprint density at radius 1 is 1.47 bits per heavy atom. The quantitative estimate of drug-likeness (QED) is 0.547. The summed E-state index contributed by atoms with van der Waals surface area (Å²) in [6.45, 7) is 4.28. The molecule has 0 bridgehead atoms. The summed E-state index contributed by atoms with van der Waals surface area (Å²) in [6.07, 6.45) is 1.60. The average molecular weight is 381 g/mol. The van der Waals surface area contributed by atoms with Crippen LogP contribution < -0.4 is 0 Å². The second-order valence-corrected chi connectivity index (χ2v) is 6.06. The van der Waals surface area contributed by atoms with Crippen molar-refractivity contribution >= 4 is 44.3 Å². The van der Waals surface area contributed by atoms with Crippen molar-refractivity contribution in [1.82, 2.24) is 0 Å². The number of halogens is 2. The van der Waals surface area contributed by atoms with Gasteiger partial charge in [0.25, 0.3) is 0 Å². The van der Waals surface area contributed by atoms with Gasteiger partial charge in [0.15, 0.2) is 5.78 Å². The molecule has 0 amide bonds. The van der Waals surface area contributed by atoms with Crippen LogP contribution in [0.25, 0.3) is 0 Å². The molecule has 1 aromatic carbocycles. The SMILES string of the molecule is CC(C)CCC(=O)c1cc(Br)ccc1I. The summed E-state index contributed by atoms with van der Waals surface area (Å²) in [6, 6.07) is 5.83. The predicted molar refractivity (Wildman–Crippen MR) is 75.3 cm³/mol. The highest BCUT2D eigenvalue weighted by Crippen LogP contribution is 2.20. The fourth-order valence-electron chi connectivity index (χ4n) is 1.27. The molecule has 0 radical (unpaired) electrons. The molecule has 0 aliphatic rings. The van der Waals surface area contributed by atoms with Gasteiger partial charge in [-0.1, -0.05) is 29.8 Å². The lowest BCUT2D eigenvalue weighted by atomic mass is 10.0. The molecule has 1 rings (SSSR count). The van der Waals surface area contributed by atoms with Crippen LogP contribution in [0.4, 0.5) is 0 Å². The highest BCUT2D eigenvalue weighted by molar-refractivity contribution is 14.1. The molecule has 0 heterocycles. The molecule has 0 spiro atoms. The number of carbonyl (C=O) groups excluding carboxylic acids is 1. The zero-order valence-electron chi connectivity index (χ0n) is 8.89. The van der Waals surface area contributed by atoms with Gasteiger partial charge in [-0.2, -0.15) is 0 Å². The first-order chi connectivity index (χ1) is 7.00. The highest BCUT2D eigenvalue weighted by atomic mass is 127. The summed E-state index contributed by atoms with van der Waals surface area (Å²) in [5.41, 5.74) is 0.839. The van der Waals surface area contributed by atoms with E-state index in [1.54, 1.807) is 0 Å². The molecule has 0 saturated heterocycles. The van der Waals surface area contributed by atoms with Crippen LogP contribution in [0.2, 0.25) is 0 Å². The minimum absolute atomic E-state index is 0.245. The monoisotopic (exact) mass is 380 g/mol. The van der Waals surface area contributed by atoms with E-state index in [4.69, 9.17) is 0 Å². The van der Waals surface area contributed by atoms with E-state index in [1.165, 1.54) is 0 Å². The molecule has 0 aromatic heterocycles. The maximum Gasteiger partial charge on any atom is 0.163 e. The van der Waals surface area contributed by atoms with Crippen LogP contribution in [0.1, 0.15) is 37.0 Å². The Kier molecular flexibility index (Phi) is 5.26. The van der Waals surface area contributed by atoms with Gasteiger partial charge in [0.05, 0.1) is 0 Å². The molecular weight excluding hydrogens is 367 g/mol. The Morgan fingerprint density at radius 2 is 2.13 bits per heavy atom. The summed E-state index contributed by atoms with van der Waals surface area (Å²) in [5.74, 6) is 0.827. The van der Waals surface area contributed by atoms with E-state index >= 15 is 0 Å². The Hall–Kier alpha value is 0.1000. The van der Waals surface area contributed by atoms with Crippen molar-refractivity contribution in [2.75, 3.05) is 0 Å². The van der Waals surface area contributed by atoms with Crippen molar-refractivity contribution in [3.63, 3.8) is 0 Å². The van der Waals surface area contributed by atoms with E-state index in [-0.39, 0.29) is 5.78 Å². The van der Waals surface area contributed by atoms with Crippen molar-refractivity contribution in [2.45, 2.75) is 26.7 Å².